The lowest BCUT2D eigenvalue weighted by Crippen LogP contribution is -2.47. The van der Waals surface area contributed by atoms with Crippen LogP contribution in [0.15, 0.2) is 24.3 Å². The van der Waals surface area contributed by atoms with Crippen LogP contribution in [0.2, 0.25) is 0 Å². The molecule has 2 amide bonds. The summed E-state index contributed by atoms with van der Waals surface area (Å²) in [6.07, 6.45) is 3.93. The lowest BCUT2D eigenvalue weighted by Gasteiger charge is -2.35. The van der Waals surface area contributed by atoms with Gasteiger partial charge in [0.15, 0.2) is 0 Å². The van der Waals surface area contributed by atoms with E-state index in [0.29, 0.717) is 5.56 Å². The second kappa shape index (κ2) is 8.64. The summed E-state index contributed by atoms with van der Waals surface area (Å²) in [5.41, 5.74) is 1.42. The molecule has 1 aromatic rings. The highest BCUT2D eigenvalue weighted by Crippen LogP contribution is 2.19. The van der Waals surface area contributed by atoms with E-state index in [0.717, 1.165) is 57.5 Å². The molecule has 1 atom stereocenters. The first-order valence-corrected chi connectivity index (χ1v) is 9.62. The fourth-order valence-corrected chi connectivity index (χ4v) is 3.85. The Labute approximate surface area is 155 Å². The number of anilines is 1. The van der Waals surface area contributed by atoms with E-state index in [1.54, 1.807) is 0 Å². The van der Waals surface area contributed by atoms with E-state index < -0.39 is 0 Å². The number of piperidine rings is 2. The number of nitrogens with one attached hydrogen (secondary N) is 2. The fraction of sp³-hybridized carbons (Fsp3) is 0.600. The van der Waals surface area contributed by atoms with Crippen LogP contribution in [0.3, 0.4) is 0 Å². The van der Waals surface area contributed by atoms with Crippen molar-refractivity contribution in [2.24, 2.45) is 5.92 Å². The van der Waals surface area contributed by atoms with Crippen molar-refractivity contribution in [3.63, 3.8) is 0 Å². The van der Waals surface area contributed by atoms with Gasteiger partial charge in [-0.15, -0.1) is 0 Å². The number of carbonyl (C=O) groups is 2. The van der Waals surface area contributed by atoms with E-state index in [2.05, 4.69) is 22.6 Å². The predicted octanol–water partition coefficient (Wildman–Crippen LogP) is 1.79. The molecule has 0 spiro atoms. The lowest BCUT2D eigenvalue weighted by atomic mass is 9.97. The zero-order valence-corrected chi connectivity index (χ0v) is 15.8. The summed E-state index contributed by atoms with van der Waals surface area (Å²) in [4.78, 5) is 29.2. The molecule has 6 nitrogen and oxygen atoms in total. The number of benzene rings is 1. The van der Waals surface area contributed by atoms with Gasteiger partial charge in [0.1, 0.15) is 0 Å². The molecule has 0 bridgehead atoms. The summed E-state index contributed by atoms with van der Waals surface area (Å²) in [6.45, 7) is 3.82. The molecule has 142 valence electrons. The molecule has 2 aliphatic heterocycles. The van der Waals surface area contributed by atoms with Gasteiger partial charge >= 0.3 is 0 Å². The maximum Gasteiger partial charge on any atom is 0.253 e. The molecule has 0 saturated carbocycles. The number of likely N-dealkylation sites (tertiary alicyclic amines) is 1. The van der Waals surface area contributed by atoms with Crippen molar-refractivity contribution in [1.29, 1.82) is 0 Å². The maximum absolute atomic E-state index is 12.7. The van der Waals surface area contributed by atoms with Gasteiger partial charge in [-0.25, -0.2) is 0 Å². The molecule has 2 N–H and O–H groups in total. The molecule has 1 unspecified atom stereocenters. The van der Waals surface area contributed by atoms with Crippen LogP contribution in [0.25, 0.3) is 0 Å². The summed E-state index contributed by atoms with van der Waals surface area (Å²) in [5, 5.41) is 6.25. The molecule has 2 aliphatic rings. The first-order chi connectivity index (χ1) is 12.5. The number of likely N-dealkylation sites (N-methyl/N-ethyl adjacent to an activating group) is 2. The molecule has 0 aromatic heterocycles. The quantitative estimate of drug-likeness (QED) is 0.861. The van der Waals surface area contributed by atoms with Crippen molar-refractivity contribution in [3.05, 3.63) is 29.8 Å². The van der Waals surface area contributed by atoms with Crippen molar-refractivity contribution < 1.29 is 9.59 Å². The van der Waals surface area contributed by atoms with Crippen molar-refractivity contribution in [2.45, 2.75) is 31.7 Å². The van der Waals surface area contributed by atoms with Crippen molar-refractivity contribution >= 4 is 17.5 Å². The number of nitrogens with zero attached hydrogens (tertiary/aromatic N) is 2. The predicted molar refractivity (Wildman–Crippen MR) is 103 cm³/mol. The summed E-state index contributed by atoms with van der Waals surface area (Å²) in [6, 6.07) is 7.54. The van der Waals surface area contributed by atoms with E-state index in [4.69, 9.17) is 0 Å². The Bertz CT molecular complexity index is 625. The Hall–Kier alpha value is -1.92. The number of hydrogen-bond donors (Lipinski definition) is 2. The summed E-state index contributed by atoms with van der Waals surface area (Å²) in [7, 11) is 3.99. The standard InChI is InChI=1S/C20H30N4O2/c1-23-13-3-4-18(14-23)24(2)20(26)16-5-7-17(8-6-16)22-19(25)15-9-11-21-12-10-15/h5-8,15,18,21H,3-4,9-14H2,1-2H3,(H,22,25). The Morgan fingerprint density at radius 2 is 1.85 bits per heavy atom. The minimum absolute atomic E-state index is 0.0431. The average molecular weight is 358 g/mol. The third-order valence-corrected chi connectivity index (χ3v) is 5.58. The van der Waals surface area contributed by atoms with Gasteiger partial charge in [0, 0.05) is 36.8 Å². The van der Waals surface area contributed by atoms with Gasteiger partial charge in [0.2, 0.25) is 5.91 Å². The summed E-state index contributed by atoms with van der Waals surface area (Å²) < 4.78 is 0. The summed E-state index contributed by atoms with van der Waals surface area (Å²) >= 11 is 0. The van der Waals surface area contributed by atoms with Crippen molar-refractivity contribution in [2.75, 3.05) is 45.6 Å². The number of rotatable bonds is 4. The molecule has 26 heavy (non-hydrogen) atoms. The van der Waals surface area contributed by atoms with Gasteiger partial charge in [-0.05, 0) is 76.6 Å². The average Bonchev–Trinajstić information content (AvgIpc) is 2.68. The molecule has 6 heteroatoms. The van der Waals surface area contributed by atoms with Gasteiger partial charge in [0.05, 0.1) is 0 Å². The first-order valence-electron chi connectivity index (χ1n) is 9.62. The second-order valence-corrected chi connectivity index (χ2v) is 7.57. The van der Waals surface area contributed by atoms with Crippen LogP contribution in [0.4, 0.5) is 5.69 Å². The largest absolute Gasteiger partial charge is 0.337 e. The van der Waals surface area contributed by atoms with Crippen LogP contribution < -0.4 is 10.6 Å². The van der Waals surface area contributed by atoms with E-state index in [-0.39, 0.29) is 23.8 Å². The Morgan fingerprint density at radius 3 is 2.50 bits per heavy atom. The molecule has 2 saturated heterocycles. The molecular weight excluding hydrogens is 328 g/mol. The van der Waals surface area contributed by atoms with Gasteiger partial charge in [-0.1, -0.05) is 0 Å². The Balaban J connectivity index is 1.57. The van der Waals surface area contributed by atoms with Crippen LogP contribution >= 0.6 is 0 Å². The third kappa shape index (κ3) is 4.62. The monoisotopic (exact) mass is 358 g/mol. The zero-order valence-electron chi connectivity index (χ0n) is 15.8. The fourth-order valence-electron chi connectivity index (χ4n) is 3.85. The zero-order chi connectivity index (χ0) is 18.5. The molecule has 0 aliphatic carbocycles. The summed E-state index contributed by atoms with van der Waals surface area (Å²) in [5.74, 6) is 0.196. The highest BCUT2D eigenvalue weighted by Gasteiger charge is 2.25. The first kappa shape index (κ1) is 18.9. The number of carbonyl (C=O) groups excluding carboxylic acids is 2. The third-order valence-electron chi connectivity index (χ3n) is 5.58. The minimum Gasteiger partial charge on any atom is -0.337 e. The Morgan fingerprint density at radius 1 is 1.15 bits per heavy atom. The maximum atomic E-state index is 12.7. The second-order valence-electron chi connectivity index (χ2n) is 7.57. The smallest absolute Gasteiger partial charge is 0.253 e. The number of amides is 2. The van der Waals surface area contributed by atoms with E-state index in [9.17, 15) is 9.59 Å². The van der Waals surface area contributed by atoms with Crippen LogP contribution in [-0.2, 0) is 4.79 Å². The normalized spacial score (nSPS) is 22.0. The van der Waals surface area contributed by atoms with Gasteiger partial charge < -0.3 is 20.4 Å². The van der Waals surface area contributed by atoms with Crippen LogP contribution in [0.1, 0.15) is 36.0 Å². The molecule has 2 heterocycles. The topological polar surface area (TPSA) is 64.7 Å². The SMILES string of the molecule is CN1CCCC(N(C)C(=O)c2ccc(NC(=O)C3CCNCC3)cc2)C1. The van der Waals surface area contributed by atoms with Gasteiger partial charge in [-0.2, -0.15) is 0 Å². The van der Waals surface area contributed by atoms with Crippen LogP contribution in [0, 0.1) is 5.92 Å². The molecule has 0 radical (unpaired) electrons. The molecule has 1 aromatic carbocycles. The van der Waals surface area contributed by atoms with Crippen LogP contribution in [-0.4, -0.2) is 67.9 Å². The number of hydrogen-bond acceptors (Lipinski definition) is 4. The van der Waals surface area contributed by atoms with Gasteiger partial charge in [-0.3, -0.25) is 9.59 Å². The molecular formula is C20H30N4O2. The minimum atomic E-state index is 0.0431. The highest BCUT2D eigenvalue weighted by atomic mass is 16.2. The van der Waals surface area contributed by atoms with E-state index in [1.165, 1.54) is 0 Å². The van der Waals surface area contributed by atoms with E-state index >= 15 is 0 Å². The lowest BCUT2D eigenvalue weighted by molar-refractivity contribution is -0.120. The van der Waals surface area contributed by atoms with Crippen LogP contribution in [0.5, 0.6) is 0 Å². The van der Waals surface area contributed by atoms with Crippen molar-refractivity contribution in [1.82, 2.24) is 15.1 Å². The van der Waals surface area contributed by atoms with Crippen molar-refractivity contribution in [3.8, 4) is 0 Å². The highest BCUT2D eigenvalue weighted by molar-refractivity contribution is 5.96. The molecule has 2 fully saturated rings. The molecule has 3 rings (SSSR count). The Kier molecular flexibility index (Phi) is 6.27. The van der Waals surface area contributed by atoms with E-state index in [1.807, 2.05) is 36.2 Å². The van der Waals surface area contributed by atoms with Gasteiger partial charge in [0.25, 0.3) is 5.91 Å².